The van der Waals surface area contributed by atoms with Crippen LogP contribution in [0.15, 0.2) is 48.5 Å². The Morgan fingerprint density at radius 3 is 2.73 bits per heavy atom. The first kappa shape index (κ1) is 12.3. The molecule has 2 atom stereocenters. The van der Waals surface area contributed by atoms with Crippen LogP contribution in [0.3, 0.4) is 0 Å². The second-order valence-corrected chi connectivity index (χ2v) is 6.48. The molecule has 1 saturated heterocycles. The number of amides is 1. The molecule has 2 aromatic carbocycles. The minimum atomic E-state index is 0.0869. The van der Waals surface area contributed by atoms with Gasteiger partial charge in [0.05, 0.1) is 0 Å². The molecule has 2 aromatic rings. The SMILES string of the molecule is O=C1c2ccccc2[C@@H]2N1CC[C@H]1CCc3ccccc3N12. The molecule has 0 N–H and O–H groups in total. The highest BCUT2D eigenvalue weighted by molar-refractivity contribution is 5.99. The number of benzene rings is 2. The van der Waals surface area contributed by atoms with Gasteiger partial charge in [-0.25, -0.2) is 0 Å². The zero-order valence-corrected chi connectivity index (χ0v) is 12.4. The van der Waals surface area contributed by atoms with Gasteiger partial charge in [-0.15, -0.1) is 0 Å². The summed E-state index contributed by atoms with van der Waals surface area (Å²) in [6.07, 6.45) is 3.51. The van der Waals surface area contributed by atoms with E-state index in [4.69, 9.17) is 0 Å². The van der Waals surface area contributed by atoms with E-state index in [1.807, 2.05) is 12.1 Å². The van der Waals surface area contributed by atoms with Crippen LogP contribution in [0.4, 0.5) is 5.69 Å². The number of anilines is 1. The maximum absolute atomic E-state index is 12.7. The molecule has 3 aliphatic rings. The van der Waals surface area contributed by atoms with Crippen LogP contribution in [0.1, 0.15) is 40.5 Å². The first-order chi connectivity index (χ1) is 10.8. The third kappa shape index (κ3) is 1.48. The van der Waals surface area contributed by atoms with Gasteiger partial charge in [0.2, 0.25) is 0 Å². The third-order valence-electron chi connectivity index (χ3n) is 5.40. The van der Waals surface area contributed by atoms with Gasteiger partial charge in [-0.2, -0.15) is 0 Å². The first-order valence-corrected chi connectivity index (χ1v) is 8.11. The van der Waals surface area contributed by atoms with Gasteiger partial charge in [0.15, 0.2) is 0 Å². The normalized spacial score (nSPS) is 25.4. The number of carbonyl (C=O) groups excluding carboxylic acids is 1. The van der Waals surface area contributed by atoms with E-state index >= 15 is 0 Å². The summed E-state index contributed by atoms with van der Waals surface area (Å²) in [5.41, 5.74) is 4.79. The second-order valence-electron chi connectivity index (χ2n) is 6.48. The predicted molar refractivity (Wildman–Crippen MR) is 85.9 cm³/mol. The van der Waals surface area contributed by atoms with Crippen LogP contribution in [-0.4, -0.2) is 23.4 Å². The van der Waals surface area contributed by atoms with Crippen molar-refractivity contribution < 1.29 is 4.79 Å². The summed E-state index contributed by atoms with van der Waals surface area (Å²) in [7, 11) is 0. The van der Waals surface area contributed by atoms with E-state index in [1.54, 1.807) is 0 Å². The molecule has 22 heavy (non-hydrogen) atoms. The lowest BCUT2D eigenvalue weighted by atomic mass is 9.90. The molecular weight excluding hydrogens is 272 g/mol. The Morgan fingerprint density at radius 2 is 1.77 bits per heavy atom. The molecule has 110 valence electrons. The Morgan fingerprint density at radius 1 is 0.955 bits per heavy atom. The fourth-order valence-corrected chi connectivity index (χ4v) is 4.41. The van der Waals surface area contributed by atoms with Crippen LogP contribution in [0, 0.1) is 0 Å². The van der Waals surface area contributed by atoms with Crippen molar-refractivity contribution in [3.05, 3.63) is 65.2 Å². The van der Waals surface area contributed by atoms with Crippen LogP contribution in [0.25, 0.3) is 0 Å². The average molecular weight is 290 g/mol. The van der Waals surface area contributed by atoms with Gasteiger partial charge in [0.25, 0.3) is 5.91 Å². The second kappa shape index (κ2) is 4.35. The van der Waals surface area contributed by atoms with Crippen LogP contribution >= 0.6 is 0 Å². The van der Waals surface area contributed by atoms with Crippen molar-refractivity contribution in [3.8, 4) is 0 Å². The standard InChI is InChI=1S/C19H18N2O/c22-19-16-7-3-2-6-15(16)18-20(19)12-11-14-10-9-13-5-1-4-8-17(13)21(14)18/h1-8,14,18H,9-12H2/t14-,18-/m1/s1. The van der Waals surface area contributed by atoms with Crippen LogP contribution in [0.2, 0.25) is 0 Å². The van der Waals surface area contributed by atoms with Crippen molar-refractivity contribution in [2.45, 2.75) is 31.5 Å². The topological polar surface area (TPSA) is 23.6 Å². The van der Waals surface area contributed by atoms with Gasteiger partial charge in [-0.1, -0.05) is 36.4 Å². The maximum atomic E-state index is 12.7. The number of rotatable bonds is 0. The van der Waals surface area contributed by atoms with Crippen molar-refractivity contribution in [3.63, 3.8) is 0 Å². The molecule has 0 aromatic heterocycles. The van der Waals surface area contributed by atoms with Crippen molar-refractivity contribution in [2.75, 3.05) is 11.4 Å². The molecule has 3 heterocycles. The summed E-state index contributed by atoms with van der Waals surface area (Å²) in [5.74, 6) is 0.196. The predicted octanol–water partition coefficient (Wildman–Crippen LogP) is 3.37. The summed E-state index contributed by atoms with van der Waals surface area (Å²) in [4.78, 5) is 17.3. The van der Waals surface area contributed by atoms with E-state index in [0.29, 0.717) is 6.04 Å². The number of aryl methyl sites for hydroxylation is 1. The highest BCUT2D eigenvalue weighted by Crippen LogP contribution is 2.46. The fraction of sp³-hybridized carbons (Fsp3) is 0.316. The molecule has 3 aliphatic heterocycles. The zero-order valence-electron chi connectivity index (χ0n) is 12.4. The molecule has 5 rings (SSSR count). The highest BCUT2D eigenvalue weighted by Gasteiger charge is 2.46. The van der Waals surface area contributed by atoms with E-state index in [-0.39, 0.29) is 12.1 Å². The molecule has 0 saturated carbocycles. The van der Waals surface area contributed by atoms with Gasteiger partial charge < -0.3 is 9.80 Å². The van der Waals surface area contributed by atoms with Crippen LogP contribution < -0.4 is 4.90 Å². The average Bonchev–Trinajstić information content (AvgIpc) is 2.88. The van der Waals surface area contributed by atoms with E-state index in [0.717, 1.165) is 24.9 Å². The van der Waals surface area contributed by atoms with Gasteiger partial charge in [-0.3, -0.25) is 4.79 Å². The molecule has 0 bridgehead atoms. The Hall–Kier alpha value is -2.29. The number of para-hydroxylation sites is 1. The number of fused-ring (bicyclic) bond motifs is 7. The van der Waals surface area contributed by atoms with E-state index < -0.39 is 0 Å². The summed E-state index contributed by atoms with van der Waals surface area (Å²) >= 11 is 0. The Kier molecular flexibility index (Phi) is 2.43. The minimum Gasteiger partial charge on any atom is -0.344 e. The molecular formula is C19H18N2O. The first-order valence-electron chi connectivity index (χ1n) is 8.11. The molecule has 0 radical (unpaired) electrons. The van der Waals surface area contributed by atoms with Crippen molar-refractivity contribution in [1.82, 2.24) is 4.90 Å². The largest absolute Gasteiger partial charge is 0.344 e. The molecule has 0 unspecified atom stereocenters. The lowest BCUT2D eigenvalue weighted by Crippen LogP contribution is -2.53. The molecule has 0 aliphatic carbocycles. The lowest BCUT2D eigenvalue weighted by Gasteiger charge is -2.50. The Bertz CT molecular complexity index is 770. The summed E-state index contributed by atoms with van der Waals surface area (Å²) in [6, 6.07) is 17.3. The molecule has 3 nitrogen and oxygen atoms in total. The van der Waals surface area contributed by atoms with Gasteiger partial charge in [-0.05, 0) is 37.0 Å². The van der Waals surface area contributed by atoms with Crippen molar-refractivity contribution >= 4 is 11.6 Å². The van der Waals surface area contributed by atoms with Crippen LogP contribution in [-0.2, 0) is 6.42 Å². The van der Waals surface area contributed by atoms with Gasteiger partial charge in [0, 0.05) is 29.4 Å². The van der Waals surface area contributed by atoms with E-state index in [2.05, 4.69) is 46.2 Å². The monoisotopic (exact) mass is 290 g/mol. The van der Waals surface area contributed by atoms with Gasteiger partial charge >= 0.3 is 0 Å². The summed E-state index contributed by atoms with van der Waals surface area (Å²) in [6.45, 7) is 0.877. The smallest absolute Gasteiger partial charge is 0.256 e. The van der Waals surface area contributed by atoms with Crippen molar-refractivity contribution in [1.29, 1.82) is 0 Å². The van der Waals surface area contributed by atoms with E-state index in [9.17, 15) is 4.79 Å². The lowest BCUT2D eigenvalue weighted by molar-refractivity contribution is 0.0650. The molecule has 1 fully saturated rings. The molecule has 0 spiro atoms. The summed E-state index contributed by atoms with van der Waals surface area (Å²) < 4.78 is 0. The number of nitrogens with zero attached hydrogens (tertiary/aromatic N) is 2. The zero-order chi connectivity index (χ0) is 14.7. The molecule has 1 amide bonds. The Balaban J connectivity index is 1.70. The van der Waals surface area contributed by atoms with Crippen molar-refractivity contribution in [2.24, 2.45) is 0 Å². The van der Waals surface area contributed by atoms with Gasteiger partial charge in [0.1, 0.15) is 6.17 Å². The number of hydrogen-bond acceptors (Lipinski definition) is 2. The quantitative estimate of drug-likeness (QED) is 0.742. The Labute approximate surface area is 130 Å². The number of hydrogen-bond donors (Lipinski definition) is 0. The fourth-order valence-electron chi connectivity index (χ4n) is 4.41. The minimum absolute atomic E-state index is 0.0869. The third-order valence-corrected chi connectivity index (χ3v) is 5.40. The van der Waals surface area contributed by atoms with Crippen LogP contribution in [0.5, 0.6) is 0 Å². The number of carbonyl (C=O) groups is 1. The molecule has 3 heteroatoms. The maximum Gasteiger partial charge on any atom is 0.256 e. The van der Waals surface area contributed by atoms with E-state index in [1.165, 1.54) is 23.2 Å². The summed E-state index contributed by atoms with van der Waals surface area (Å²) in [5, 5.41) is 0. The highest BCUT2D eigenvalue weighted by atomic mass is 16.2.